The van der Waals surface area contributed by atoms with Gasteiger partial charge in [-0.3, -0.25) is 9.69 Å². The van der Waals surface area contributed by atoms with Crippen molar-refractivity contribution in [1.82, 2.24) is 4.90 Å². The maximum Gasteiger partial charge on any atom is 0.225 e. The molecule has 0 aliphatic heterocycles. The predicted octanol–water partition coefficient (Wildman–Crippen LogP) is 6.10. The van der Waals surface area contributed by atoms with Crippen LogP contribution in [0.1, 0.15) is 36.0 Å². The fourth-order valence-electron chi connectivity index (χ4n) is 4.00. The Hall–Kier alpha value is -2.36. The molecule has 0 unspecified atom stereocenters. The zero-order valence-corrected chi connectivity index (χ0v) is 17.8. The van der Waals surface area contributed by atoms with Crippen LogP contribution >= 0.6 is 11.6 Å². The van der Waals surface area contributed by atoms with Gasteiger partial charge in [0.2, 0.25) is 5.91 Å². The van der Waals surface area contributed by atoms with Crippen LogP contribution < -0.4 is 5.32 Å². The minimum Gasteiger partial charge on any atom is -0.325 e. The van der Waals surface area contributed by atoms with Crippen molar-refractivity contribution >= 4 is 34.0 Å². The zero-order chi connectivity index (χ0) is 20.4. The molecule has 3 aromatic carbocycles. The standard InChI is InChI=1S/C25H27ClN2O/c1-17-14-18(2)25(23(26)15-17)27-24(29)12-13-28(21-10-11-21)16-20-8-5-7-19-6-3-4-9-22(19)20/h3-9,14-15,21H,10-13,16H2,1-2H3,(H,27,29). The lowest BCUT2D eigenvalue weighted by Gasteiger charge is -2.23. The van der Waals surface area contributed by atoms with Crippen molar-refractivity contribution in [2.24, 2.45) is 0 Å². The van der Waals surface area contributed by atoms with E-state index in [0.29, 0.717) is 17.5 Å². The summed E-state index contributed by atoms with van der Waals surface area (Å²) in [6, 6.07) is 19.5. The summed E-state index contributed by atoms with van der Waals surface area (Å²) in [5.74, 6) is 0.0161. The van der Waals surface area contributed by atoms with Crippen molar-refractivity contribution in [3.8, 4) is 0 Å². The molecular formula is C25H27ClN2O. The second kappa shape index (κ2) is 8.56. The monoisotopic (exact) mass is 406 g/mol. The van der Waals surface area contributed by atoms with Crippen LogP contribution in [0.4, 0.5) is 5.69 Å². The van der Waals surface area contributed by atoms with Gasteiger partial charge in [-0.1, -0.05) is 60.1 Å². The summed E-state index contributed by atoms with van der Waals surface area (Å²) in [5.41, 5.74) is 4.15. The third-order valence-corrected chi connectivity index (χ3v) is 5.94. The molecule has 1 N–H and O–H groups in total. The first kappa shape index (κ1) is 19.9. The van der Waals surface area contributed by atoms with Crippen molar-refractivity contribution in [1.29, 1.82) is 0 Å². The van der Waals surface area contributed by atoms with Gasteiger partial charge in [-0.2, -0.15) is 0 Å². The van der Waals surface area contributed by atoms with Gasteiger partial charge in [0.1, 0.15) is 0 Å². The van der Waals surface area contributed by atoms with Crippen LogP contribution in [-0.2, 0) is 11.3 Å². The third kappa shape index (κ3) is 4.80. The molecule has 29 heavy (non-hydrogen) atoms. The topological polar surface area (TPSA) is 32.3 Å². The predicted molar refractivity (Wildman–Crippen MR) is 122 cm³/mol. The highest BCUT2D eigenvalue weighted by atomic mass is 35.5. The Morgan fingerprint density at radius 1 is 1.10 bits per heavy atom. The fourth-order valence-corrected chi connectivity index (χ4v) is 4.37. The number of rotatable bonds is 7. The Bertz CT molecular complexity index is 1010. The van der Waals surface area contributed by atoms with Crippen LogP contribution in [0.15, 0.2) is 54.6 Å². The molecule has 3 aromatic rings. The highest BCUT2D eigenvalue weighted by Gasteiger charge is 2.29. The first-order valence-electron chi connectivity index (χ1n) is 10.3. The van der Waals surface area contributed by atoms with E-state index in [4.69, 9.17) is 11.6 Å². The van der Waals surface area contributed by atoms with Crippen LogP contribution in [0, 0.1) is 13.8 Å². The number of fused-ring (bicyclic) bond motifs is 1. The summed E-state index contributed by atoms with van der Waals surface area (Å²) in [6.45, 7) is 5.61. The molecule has 1 amide bonds. The number of nitrogens with zero attached hydrogens (tertiary/aromatic N) is 1. The van der Waals surface area contributed by atoms with Gasteiger partial charge in [-0.15, -0.1) is 0 Å². The Kier molecular flexibility index (Phi) is 5.89. The quantitative estimate of drug-likeness (QED) is 0.513. The molecule has 3 nitrogen and oxygen atoms in total. The first-order chi connectivity index (χ1) is 14.0. The third-order valence-electron chi connectivity index (χ3n) is 5.64. The van der Waals surface area contributed by atoms with Crippen LogP contribution in [0.25, 0.3) is 10.8 Å². The van der Waals surface area contributed by atoms with E-state index in [2.05, 4.69) is 52.7 Å². The van der Waals surface area contributed by atoms with Crippen molar-refractivity contribution < 1.29 is 4.79 Å². The van der Waals surface area contributed by atoms with Gasteiger partial charge in [-0.05, 0) is 60.2 Å². The number of benzene rings is 3. The molecule has 150 valence electrons. The van der Waals surface area contributed by atoms with Crippen molar-refractivity contribution in [2.75, 3.05) is 11.9 Å². The average Bonchev–Trinajstić information content (AvgIpc) is 3.53. The first-order valence-corrected chi connectivity index (χ1v) is 10.7. The summed E-state index contributed by atoms with van der Waals surface area (Å²) < 4.78 is 0. The Labute approximate surface area is 177 Å². The van der Waals surface area contributed by atoms with E-state index >= 15 is 0 Å². The van der Waals surface area contributed by atoms with Crippen LogP contribution in [0.2, 0.25) is 5.02 Å². The van der Waals surface area contributed by atoms with Gasteiger partial charge < -0.3 is 5.32 Å². The molecule has 0 radical (unpaired) electrons. The highest BCUT2D eigenvalue weighted by Crippen LogP contribution is 2.31. The number of aryl methyl sites for hydroxylation is 2. The molecule has 1 aliphatic rings. The Balaban J connectivity index is 1.42. The normalized spacial score (nSPS) is 13.8. The van der Waals surface area contributed by atoms with Gasteiger partial charge in [0, 0.05) is 25.6 Å². The molecule has 1 saturated carbocycles. The van der Waals surface area contributed by atoms with E-state index in [1.54, 1.807) is 0 Å². The van der Waals surface area contributed by atoms with Gasteiger partial charge in [0.25, 0.3) is 0 Å². The lowest BCUT2D eigenvalue weighted by Crippen LogP contribution is -2.29. The number of hydrogen-bond acceptors (Lipinski definition) is 2. The minimum atomic E-state index is 0.0161. The largest absolute Gasteiger partial charge is 0.325 e. The lowest BCUT2D eigenvalue weighted by molar-refractivity contribution is -0.116. The molecule has 4 rings (SSSR count). The molecule has 0 bridgehead atoms. The van der Waals surface area contributed by atoms with Crippen molar-refractivity contribution in [3.05, 3.63) is 76.3 Å². The Morgan fingerprint density at radius 2 is 1.86 bits per heavy atom. The van der Waals surface area contributed by atoms with E-state index in [9.17, 15) is 4.79 Å². The molecule has 0 heterocycles. The molecule has 4 heteroatoms. The van der Waals surface area contributed by atoms with Gasteiger partial charge >= 0.3 is 0 Å². The van der Waals surface area contributed by atoms with Crippen molar-refractivity contribution in [2.45, 2.75) is 45.7 Å². The minimum absolute atomic E-state index is 0.0161. The summed E-state index contributed by atoms with van der Waals surface area (Å²) in [6.07, 6.45) is 2.90. The van der Waals surface area contributed by atoms with Crippen LogP contribution in [0.3, 0.4) is 0 Å². The van der Waals surface area contributed by atoms with E-state index in [1.165, 1.54) is 29.2 Å². The SMILES string of the molecule is Cc1cc(C)c(NC(=O)CCN(Cc2cccc3ccccc23)C2CC2)c(Cl)c1. The summed E-state index contributed by atoms with van der Waals surface area (Å²) in [5, 5.41) is 6.18. The lowest BCUT2D eigenvalue weighted by atomic mass is 10.0. The number of carbonyl (C=O) groups excluding carboxylic acids is 1. The summed E-state index contributed by atoms with van der Waals surface area (Å²) in [4.78, 5) is 15.1. The number of amides is 1. The Morgan fingerprint density at radius 3 is 2.62 bits per heavy atom. The van der Waals surface area contributed by atoms with Crippen LogP contribution in [0.5, 0.6) is 0 Å². The number of carbonyl (C=O) groups is 1. The maximum atomic E-state index is 12.6. The molecular weight excluding hydrogens is 380 g/mol. The molecule has 0 atom stereocenters. The molecule has 0 saturated heterocycles. The molecule has 1 fully saturated rings. The van der Waals surface area contributed by atoms with Crippen LogP contribution in [-0.4, -0.2) is 23.4 Å². The summed E-state index contributed by atoms with van der Waals surface area (Å²) in [7, 11) is 0. The van der Waals surface area contributed by atoms with E-state index in [1.807, 2.05) is 26.0 Å². The van der Waals surface area contributed by atoms with E-state index in [-0.39, 0.29) is 5.91 Å². The second-order valence-corrected chi connectivity index (χ2v) is 8.48. The summed E-state index contributed by atoms with van der Waals surface area (Å²) >= 11 is 6.34. The fraction of sp³-hybridized carbons (Fsp3) is 0.320. The number of halogens is 1. The van der Waals surface area contributed by atoms with E-state index < -0.39 is 0 Å². The van der Waals surface area contributed by atoms with Gasteiger partial charge in [0.15, 0.2) is 0 Å². The smallest absolute Gasteiger partial charge is 0.225 e. The number of nitrogens with one attached hydrogen (secondary N) is 1. The average molecular weight is 407 g/mol. The molecule has 0 spiro atoms. The zero-order valence-electron chi connectivity index (χ0n) is 17.0. The second-order valence-electron chi connectivity index (χ2n) is 8.08. The molecule has 1 aliphatic carbocycles. The van der Waals surface area contributed by atoms with E-state index in [0.717, 1.165) is 29.9 Å². The molecule has 0 aromatic heterocycles. The van der Waals surface area contributed by atoms with Gasteiger partial charge in [0.05, 0.1) is 10.7 Å². The highest BCUT2D eigenvalue weighted by molar-refractivity contribution is 6.34. The van der Waals surface area contributed by atoms with Crippen molar-refractivity contribution in [3.63, 3.8) is 0 Å². The number of hydrogen-bond donors (Lipinski definition) is 1. The maximum absolute atomic E-state index is 12.6. The number of anilines is 1. The van der Waals surface area contributed by atoms with Gasteiger partial charge in [-0.25, -0.2) is 0 Å².